The Labute approximate surface area is 93.3 Å². The Hall–Kier alpha value is -1.26. The maximum atomic E-state index is 10.8. The number of amides is 1. The number of hydrogen-bond acceptors (Lipinski definition) is 3. The number of halogens is 1. The molecule has 1 amide bonds. The van der Waals surface area contributed by atoms with E-state index in [1.807, 2.05) is 12.1 Å². The fourth-order valence-corrected chi connectivity index (χ4v) is 1.24. The van der Waals surface area contributed by atoms with Gasteiger partial charge in [0.05, 0.1) is 11.6 Å². The zero-order chi connectivity index (χ0) is 11.1. The van der Waals surface area contributed by atoms with E-state index in [2.05, 4.69) is 5.43 Å². The first-order valence-corrected chi connectivity index (χ1v) is 4.98. The smallest absolute Gasteiger partial charge is 0.234 e. The second-order valence-corrected chi connectivity index (χ2v) is 3.36. The van der Waals surface area contributed by atoms with Crippen molar-refractivity contribution < 1.29 is 9.53 Å². The second-order valence-electron chi connectivity index (χ2n) is 2.95. The molecule has 0 aromatic heterocycles. The van der Waals surface area contributed by atoms with Crippen LogP contribution < -0.4 is 16.0 Å². The summed E-state index contributed by atoms with van der Waals surface area (Å²) in [5, 5.41) is 0.570. The molecule has 4 nitrogen and oxygen atoms in total. The van der Waals surface area contributed by atoms with Crippen LogP contribution in [0.25, 0.3) is 0 Å². The lowest BCUT2D eigenvalue weighted by molar-refractivity contribution is -0.121. The van der Waals surface area contributed by atoms with Crippen LogP contribution >= 0.6 is 11.6 Å². The van der Waals surface area contributed by atoms with Crippen molar-refractivity contribution in [1.29, 1.82) is 0 Å². The molecule has 5 heteroatoms. The SMILES string of the molecule is NNC(=O)CCCOc1ccccc1Cl. The van der Waals surface area contributed by atoms with E-state index in [1.54, 1.807) is 12.1 Å². The number of nitrogens with one attached hydrogen (secondary N) is 1. The van der Waals surface area contributed by atoms with Crippen LogP contribution in [0.2, 0.25) is 5.02 Å². The predicted molar refractivity (Wildman–Crippen MR) is 58.5 cm³/mol. The summed E-state index contributed by atoms with van der Waals surface area (Å²) < 4.78 is 5.38. The lowest BCUT2D eigenvalue weighted by Gasteiger charge is -2.06. The average molecular weight is 229 g/mol. The fraction of sp³-hybridized carbons (Fsp3) is 0.300. The molecule has 1 aromatic carbocycles. The Bertz CT molecular complexity index is 331. The first kappa shape index (κ1) is 11.8. The van der Waals surface area contributed by atoms with Gasteiger partial charge in [-0.2, -0.15) is 0 Å². The molecule has 82 valence electrons. The van der Waals surface area contributed by atoms with Crippen molar-refractivity contribution in [3.05, 3.63) is 29.3 Å². The summed E-state index contributed by atoms with van der Waals surface area (Å²) in [5.74, 6) is 5.36. The Balaban J connectivity index is 2.26. The number of ether oxygens (including phenoxy) is 1. The molecule has 0 spiro atoms. The van der Waals surface area contributed by atoms with E-state index in [-0.39, 0.29) is 5.91 Å². The third kappa shape index (κ3) is 4.18. The van der Waals surface area contributed by atoms with Gasteiger partial charge in [0.1, 0.15) is 5.75 Å². The molecule has 0 heterocycles. The molecule has 0 saturated heterocycles. The monoisotopic (exact) mass is 228 g/mol. The second kappa shape index (κ2) is 6.27. The third-order valence-electron chi connectivity index (χ3n) is 1.80. The predicted octanol–water partition coefficient (Wildman–Crippen LogP) is 1.49. The lowest BCUT2D eigenvalue weighted by Crippen LogP contribution is -2.29. The van der Waals surface area contributed by atoms with Crippen LogP contribution in [0.4, 0.5) is 0 Å². The van der Waals surface area contributed by atoms with Gasteiger partial charge in [0.15, 0.2) is 0 Å². The fourth-order valence-electron chi connectivity index (χ4n) is 1.05. The van der Waals surface area contributed by atoms with Crippen molar-refractivity contribution in [3.8, 4) is 5.75 Å². The van der Waals surface area contributed by atoms with Crippen LogP contribution in [0, 0.1) is 0 Å². The molecule has 0 aliphatic heterocycles. The van der Waals surface area contributed by atoms with Gasteiger partial charge in [-0.3, -0.25) is 10.2 Å². The first-order valence-electron chi connectivity index (χ1n) is 4.61. The molecule has 0 fully saturated rings. The van der Waals surface area contributed by atoms with Gasteiger partial charge in [0, 0.05) is 6.42 Å². The van der Waals surface area contributed by atoms with Crippen LogP contribution in [-0.4, -0.2) is 12.5 Å². The Morgan fingerprint density at radius 1 is 1.47 bits per heavy atom. The summed E-state index contributed by atoms with van der Waals surface area (Å²) in [6.07, 6.45) is 0.954. The average Bonchev–Trinajstić information content (AvgIpc) is 2.26. The van der Waals surface area contributed by atoms with E-state index >= 15 is 0 Å². The molecule has 0 bridgehead atoms. The minimum absolute atomic E-state index is 0.197. The summed E-state index contributed by atoms with van der Waals surface area (Å²) in [6.45, 7) is 0.442. The number of rotatable bonds is 5. The van der Waals surface area contributed by atoms with E-state index in [0.717, 1.165) is 0 Å². The van der Waals surface area contributed by atoms with Gasteiger partial charge in [-0.15, -0.1) is 0 Å². The van der Waals surface area contributed by atoms with Crippen molar-refractivity contribution in [2.75, 3.05) is 6.61 Å². The van der Waals surface area contributed by atoms with Crippen molar-refractivity contribution in [1.82, 2.24) is 5.43 Å². The van der Waals surface area contributed by atoms with E-state index in [4.69, 9.17) is 22.2 Å². The zero-order valence-corrected chi connectivity index (χ0v) is 8.96. The van der Waals surface area contributed by atoms with E-state index < -0.39 is 0 Å². The van der Waals surface area contributed by atoms with Gasteiger partial charge in [-0.05, 0) is 18.6 Å². The summed E-state index contributed by atoms with van der Waals surface area (Å²) in [7, 11) is 0. The third-order valence-corrected chi connectivity index (χ3v) is 2.12. The molecule has 1 aromatic rings. The van der Waals surface area contributed by atoms with Crippen LogP contribution in [0.5, 0.6) is 5.75 Å². The topological polar surface area (TPSA) is 64.3 Å². The van der Waals surface area contributed by atoms with Gasteiger partial charge < -0.3 is 4.74 Å². The maximum absolute atomic E-state index is 10.8. The van der Waals surface area contributed by atoms with Crippen LogP contribution in [0.3, 0.4) is 0 Å². The summed E-state index contributed by atoms with van der Waals surface area (Å²) in [4.78, 5) is 10.8. The highest BCUT2D eigenvalue weighted by Crippen LogP contribution is 2.23. The summed E-state index contributed by atoms with van der Waals surface area (Å²) in [6, 6.07) is 7.21. The molecular weight excluding hydrogens is 216 g/mol. The molecule has 0 atom stereocenters. The van der Waals surface area contributed by atoms with Crippen molar-refractivity contribution in [2.45, 2.75) is 12.8 Å². The van der Waals surface area contributed by atoms with Gasteiger partial charge >= 0.3 is 0 Å². The van der Waals surface area contributed by atoms with E-state index in [0.29, 0.717) is 30.2 Å². The van der Waals surface area contributed by atoms with Gasteiger partial charge in [0.25, 0.3) is 0 Å². The normalized spacial score (nSPS) is 9.73. The maximum Gasteiger partial charge on any atom is 0.234 e. The highest BCUT2D eigenvalue weighted by molar-refractivity contribution is 6.32. The molecule has 0 aliphatic carbocycles. The van der Waals surface area contributed by atoms with Crippen molar-refractivity contribution in [2.24, 2.45) is 5.84 Å². The largest absolute Gasteiger partial charge is 0.492 e. The molecular formula is C10H13ClN2O2. The molecule has 3 N–H and O–H groups in total. The summed E-state index contributed by atoms with van der Waals surface area (Å²) >= 11 is 5.87. The van der Waals surface area contributed by atoms with Crippen molar-refractivity contribution in [3.63, 3.8) is 0 Å². The Morgan fingerprint density at radius 2 is 2.20 bits per heavy atom. The van der Waals surface area contributed by atoms with Gasteiger partial charge in [-0.1, -0.05) is 23.7 Å². The number of hydrogen-bond donors (Lipinski definition) is 2. The zero-order valence-electron chi connectivity index (χ0n) is 8.20. The number of benzene rings is 1. The number of carbonyl (C=O) groups excluding carboxylic acids is 1. The minimum atomic E-state index is -0.197. The lowest BCUT2D eigenvalue weighted by atomic mass is 10.3. The Morgan fingerprint density at radius 3 is 2.87 bits per heavy atom. The highest BCUT2D eigenvalue weighted by atomic mass is 35.5. The number of hydrazine groups is 1. The molecule has 0 saturated carbocycles. The van der Waals surface area contributed by atoms with Gasteiger partial charge in [0.2, 0.25) is 5.91 Å². The molecule has 15 heavy (non-hydrogen) atoms. The first-order chi connectivity index (χ1) is 7.24. The Kier molecular flexibility index (Phi) is 4.93. The highest BCUT2D eigenvalue weighted by Gasteiger charge is 2.01. The standard InChI is InChI=1S/C10H13ClN2O2/c11-8-4-1-2-5-9(8)15-7-3-6-10(14)13-12/h1-2,4-5H,3,6-7,12H2,(H,13,14). The number of nitrogens with two attached hydrogens (primary N) is 1. The molecule has 0 aliphatic rings. The van der Waals surface area contributed by atoms with E-state index in [9.17, 15) is 4.79 Å². The van der Waals surface area contributed by atoms with E-state index in [1.165, 1.54) is 0 Å². The molecule has 0 unspecified atom stereocenters. The van der Waals surface area contributed by atoms with Crippen molar-refractivity contribution >= 4 is 17.5 Å². The van der Waals surface area contributed by atoms with Crippen LogP contribution in [0.15, 0.2) is 24.3 Å². The van der Waals surface area contributed by atoms with Crippen LogP contribution in [-0.2, 0) is 4.79 Å². The summed E-state index contributed by atoms with van der Waals surface area (Å²) in [5.41, 5.74) is 2.05. The number of para-hydroxylation sites is 1. The van der Waals surface area contributed by atoms with Crippen LogP contribution in [0.1, 0.15) is 12.8 Å². The quantitative estimate of drug-likeness (QED) is 0.347. The minimum Gasteiger partial charge on any atom is -0.492 e. The van der Waals surface area contributed by atoms with Gasteiger partial charge in [-0.25, -0.2) is 5.84 Å². The molecule has 1 rings (SSSR count). The number of carbonyl (C=O) groups is 1. The molecule has 0 radical (unpaired) electrons.